The first-order valence-electron chi connectivity index (χ1n) is 4.95. The Labute approximate surface area is 86.1 Å². The first-order chi connectivity index (χ1) is 6.70. The molecule has 0 saturated carbocycles. The number of hydrogen-bond acceptors (Lipinski definition) is 3. The maximum Gasteiger partial charge on any atom is 0.139 e. The van der Waals surface area contributed by atoms with Gasteiger partial charge in [-0.15, -0.1) is 0 Å². The predicted molar refractivity (Wildman–Crippen MR) is 56.4 cm³/mol. The number of carbonyl (C=O) groups is 1. The molecule has 0 atom stereocenters. The number of rotatable bonds is 9. The lowest BCUT2D eigenvalue weighted by molar-refractivity contribution is -0.119. The fraction of sp³-hybridized carbons (Fsp3) is 0.727. The van der Waals surface area contributed by atoms with E-state index in [0.717, 1.165) is 12.0 Å². The highest BCUT2D eigenvalue weighted by molar-refractivity contribution is 5.80. The van der Waals surface area contributed by atoms with Crippen molar-refractivity contribution < 1.29 is 14.3 Å². The number of ketones is 1. The molecule has 0 aliphatic heterocycles. The number of allylic oxidation sites excluding steroid dienone is 1. The normalized spacial score (nSPS) is 10.1. The van der Waals surface area contributed by atoms with Crippen molar-refractivity contribution in [3.63, 3.8) is 0 Å². The average Bonchev–Trinajstić information content (AvgIpc) is 2.17. The lowest BCUT2D eigenvalue weighted by Gasteiger charge is -2.03. The van der Waals surface area contributed by atoms with E-state index in [4.69, 9.17) is 9.47 Å². The molecule has 0 unspecified atom stereocenters. The molecule has 0 N–H and O–H groups in total. The van der Waals surface area contributed by atoms with E-state index in [2.05, 4.69) is 6.58 Å². The molecule has 3 nitrogen and oxygen atoms in total. The Morgan fingerprint density at radius 3 is 2.57 bits per heavy atom. The summed E-state index contributed by atoms with van der Waals surface area (Å²) in [4.78, 5) is 11.3. The number of methoxy groups -OCH3 is 1. The summed E-state index contributed by atoms with van der Waals surface area (Å²) in [5, 5.41) is 0. The van der Waals surface area contributed by atoms with E-state index in [9.17, 15) is 4.79 Å². The van der Waals surface area contributed by atoms with Crippen LogP contribution in [0.5, 0.6) is 0 Å². The standard InChI is InChI=1S/C11H20O3/c1-4-10(2)9-11(12)5-6-14-8-7-13-3/h2,4-9H2,1,3H3. The van der Waals surface area contributed by atoms with Crippen molar-refractivity contribution in [2.45, 2.75) is 26.2 Å². The summed E-state index contributed by atoms with van der Waals surface area (Å²) in [5.41, 5.74) is 0.992. The van der Waals surface area contributed by atoms with Gasteiger partial charge in [0.25, 0.3) is 0 Å². The van der Waals surface area contributed by atoms with Crippen LogP contribution in [0.3, 0.4) is 0 Å². The van der Waals surface area contributed by atoms with Gasteiger partial charge in [0.05, 0.1) is 19.8 Å². The van der Waals surface area contributed by atoms with Crippen LogP contribution in [0.4, 0.5) is 0 Å². The van der Waals surface area contributed by atoms with Crippen molar-refractivity contribution in [1.82, 2.24) is 0 Å². The molecule has 0 aromatic rings. The second-order valence-electron chi connectivity index (χ2n) is 3.17. The molecule has 14 heavy (non-hydrogen) atoms. The molecule has 0 spiro atoms. The molecule has 0 radical (unpaired) electrons. The van der Waals surface area contributed by atoms with Crippen LogP contribution < -0.4 is 0 Å². The Morgan fingerprint density at radius 1 is 1.29 bits per heavy atom. The number of hydrogen-bond donors (Lipinski definition) is 0. The highest BCUT2D eigenvalue weighted by Gasteiger charge is 2.02. The minimum absolute atomic E-state index is 0.203. The van der Waals surface area contributed by atoms with Gasteiger partial charge in [0.15, 0.2) is 0 Å². The number of Topliss-reactive ketones (excluding diaryl/α,β-unsaturated/α-hetero) is 1. The van der Waals surface area contributed by atoms with Crippen LogP contribution in [0.25, 0.3) is 0 Å². The van der Waals surface area contributed by atoms with Crippen molar-refractivity contribution >= 4 is 5.78 Å². The number of carbonyl (C=O) groups excluding carboxylic acids is 1. The first kappa shape index (κ1) is 13.3. The molecule has 0 saturated heterocycles. The van der Waals surface area contributed by atoms with Crippen molar-refractivity contribution in [1.29, 1.82) is 0 Å². The molecular formula is C11H20O3. The van der Waals surface area contributed by atoms with Gasteiger partial charge in [-0.2, -0.15) is 0 Å². The molecule has 0 aromatic heterocycles. The zero-order valence-electron chi connectivity index (χ0n) is 9.17. The molecule has 0 aliphatic carbocycles. The van der Waals surface area contributed by atoms with Crippen LogP contribution in [0, 0.1) is 0 Å². The van der Waals surface area contributed by atoms with E-state index in [1.165, 1.54) is 0 Å². The lowest BCUT2D eigenvalue weighted by Crippen LogP contribution is -2.08. The third-order valence-corrected chi connectivity index (χ3v) is 1.90. The maximum absolute atomic E-state index is 11.3. The van der Waals surface area contributed by atoms with Gasteiger partial charge in [-0.25, -0.2) is 0 Å². The monoisotopic (exact) mass is 200 g/mol. The van der Waals surface area contributed by atoms with Crippen LogP contribution in [0.15, 0.2) is 12.2 Å². The van der Waals surface area contributed by atoms with Crippen molar-refractivity contribution in [3.05, 3.63) is 12.2 Å². The van der Waals surface area contributed by atoms with Gasteiger partial charge in [-0.3, -0.25) is 4.79 Å². The van der Waals surface area contributed by atoms with E-state index in [-0.39, 0.29) is 5.78 Å². The minimum Gasteiger partial charge on any atom is -0.382 e. The fourth-order valence-electron chi connectivity index (χ4n) is 0.923. The minimum atomic E-state index is 0.203. The van der Waals surface area contributed by atoms with E-state index in [0.29, 0.717) is 32.7 Å². The van der Waals surface area contributed by atoms with Gasteiger partial charge in [0.1, 0.15) is 5.78 Å². The summed E-state index contributed by atoms with van der Waals surface area (Å²) in [6.07, 6.45) is 1.84. The Kier molecular flexibility index (Phi) is 8.48. The molecule has 0 rings (SSSR count). The Hall–Kier alpha value is -0.670. The summed E-state index contributed by atoms with van der Waals surface area (Å²) in [7, 11) is 1.62. The third kappa shape index (κ3) is 7.95. The smallest absolute Gasteiger partial charge is 0.139 e. The second-order valence-corrected chi connectivity index (χ2v) is 3.17. The van der Waals surface area contributed by atoms with Gasteiger partial charge >= 0.3 is 0 Å². The highest BCUT2D eigenvalue weighted by Crippen LogP contribution is 2.05. The molecule has 82 valence electrons. The Morgan fingerprint density at radius 2 is 2.00 bits per heavy atom. The van der Waals surface area contributed by atoms with Crippen molar-refractivity contribution in [2.24, 2.45) is 0 Å². The van der Waals surface area contributed by atoms with Crippen LogP contribution in [0.2, 0.25) is 0 Å². The molecule has 0 aliphatic rings. The molecule has 0 bridgehead atoms. The third-order valence-electron chi connectivity index (χ3n) is 1.90. The molecule has 0 amide bonds. The van der Waals surface area contributed by atoms with Gasteiger partial charge in [-0.1, -0.05) is 19.1 Å². The first-order valence-corrected chi connectivity index (χ1v) is 4.95. The van der Waals surface area contributed by atoms with Crippen LogP contribution >= 0.6 is 0 Å². The zero-order chi connectivity index (χ0) is 10.8. The van der Waals surface area contributed by atoms with E-state index in [1.54, 1.807) is 7.11 Å². The highest BCUT2D eigenvalue weighted by atomic mass is 16.5. The van der Waals surface area contributed by atoms with Crippen LogP contribution in [-0.2, 0) is 14.3 Å². The summed E-state index contributed by atoms with van der Waals surface area (Å²) < 4.78 is 9.99. The Balaban J connectivity index is 3.31. The molecule has 0 aromatic carbocycles. The molecule has 0 fully saturated rings. The van der Waals surface area contributed by atoms with E-state index >= 15 is 0 Å². The van der Waals surface area contributed by atoms with Crippen LogP contribution in [-0.4, -0.2) is 32.7 Å². The SMILES string of the molecule is C=C(CC)CC(=O)CCOCCOC. The Bertz CT molecular complexity index is 175. The predicted octanol–water partition coefficient (Wildman–Crippen LogP) is 1.96. The number of ether oxygens (including phenoxy) is 2. The maximum atomic E-state index is 11.3. The zero-order valence-corrected chi connectivity index (χ0v) is 9.17. The quantitative estimate of drug-likeness (QED) is 0.421. The van der Waals surface area contributed by atoms with Gasteiger partial charge in [0, 0.05) is 20.0 Å². The average molecular weight is 200 g/mol. The summed E-state index contributed by atoms with van der Waals surface area (Å²) in [6.45, 7) is 7.41. The second kappa shape index (κ2) is 8.91. The van der Waals surface area contributed by atoms with Crippen LogP contribution in [0.1, 0.15) is 26.2 Å². The van der Waals surface area contributed by atoms with Gasteiger partial charge < -0.3 is 9.47 Å². The molecule has 3 heteroatoms. The van der Waals surface area contributed by atoms with Gasteiger partial charge in [0.2, 0.25) is 0 Å². The topological polar surface area (TPSA) is 35.5 Å². The van der Waals surface area contributed by atoms with Crippen molar-refractivity contribution in [3.8, 4) is 0 Å². The summed E-state index contributed by atoms with van der Waals surface area (Å²) >= 11 is 0. The summed E-state index contributed by atoms with van der Waals surface area (Å²) in [5.74, 6) is 0.203. The lowest BCUT2D eigenvalue weighted by atomic mass is 10.1. The largest absolute Gasteiger partial charge is 0.382 e. The fourth-order valence-corrected chi connectivity index (χ4v) is 0.923. The van der Waals surface area contributed by atoms with Crippen molar-refractivity contribution in [2.75, 3.05) is 26.9 Å². The van der Waals surface area contributed by atoms with E-state index < -0.39 is 0 Å². The van der Waals surface area contributed by atoms with Gasteiger partial charge in [-0.05, 0) is 6.42 Å². The molecule has 0 heterocycles. The van der Waals surface area contributed by atoms with E-state index in [1.807, 2.05) is 6.92 Å². The summed E-state index contributed by atoms with van der Waals surface area (Å²) in [6, 6.07) is 0. The molecular weight excluding hydrogens is 180 g/mol.